The maximum atomic E-state index is 12.1. The molecule has 0 radical (unpaired) electrons. The number of rotatable bonds is 3. The summed E-state index contributed by atoms with van der Waals surface area (Å²) in [5.74, 6) is -0.581. The van der Waals surface area contributed by atoms with Crippen LogP contribution in [0.1, 0.15) is 36.0 Å². The van der Waals surface area contributed by atoms with Gasteiger partial charge < -0.3 is 15.1 Å². The predicted molar refractivity (Wildman–Crippen MR) is 106 cm³/mol. The molecule has 2 heterocycles. The molecule has 3 aromatic rings. The van der Waals surface area contributed by atoms with Crippen molar-refractivity contribution < 1.29 is 9.21 Å². The minimum atomic E-state index is -0.351. The summed E-state index contributed by atoms with van der Waals surface area (Å²) in [4.78, 5) is 26.2. The zero-order chi connectivity index (χ0) is 19.1. The lowest BCUT2D eigenvalue weighted by Gasteiger charge is -2.40. The van der Waals surface area contributed by atoms with Crippen LogP contribution in [-0.4, -0.2) is 11.9 Å². The van der Waals surface area contributed by atoms with Crippen molar-refractivity contribution >= 4 is 22.6 Å². The van der Waals surface area contributed by atoms with Crippen LogP contribution in [0.25, 0.3) is 11.0 Å². The van der Waals surface area contributed by atoms with Crippen LogP contribution in [0, 0.1) is 6.92 Å². The van der Waals surface area contributed by atoms with E-state index in [1.165, 1.54) is 0 Å². The van der Waals surface area contributed by atoms with Crippen molar-refractivity contribution in [1.29, 1.82) is 0 Å². The molecular formula is C22H22N2O3. The molecule has 4 rings (SSSR count). The van der Waals surface area contributed by atoms with E-state index in [0.717, 1.165) is 27.8 Å². The highest BCUT2D eigenvalue weighted by atomic mass is 16.4. The van der Waals surface area contributed by atoms with E-state index in [1.807, 2.05) is 49.4 Å². The molecule has 1 aromatic heterocycles. The van der Waals surface area contributed by atoms with Crippen molar-refractivity contribution in [2.24, 2.45) is 5.73 Å². The summed E-state index contributed by atoms with van der Waals surface area (Å²) in [5.41, 5.74) is 9.80. The Morgan fingerprint density at radius 1 is 1.22 bits per heavy atom. The second kappa shape index (κ2) is 6.58. The zero-order valence-corrected chi connectivity index (χ0v) is 15.4. The zero-order valence-electron chi connectivity index (χ0n) is 15.4. The van der Waals surface area contributed by atoms with E-state index >= 15 is 0 Å². The molecule has 1 aliphatic heterocycles. The van der Waals surface area contributed by atoms with E-state index in [2.05, 4.69) is 11.8 Å². The van der Waals surface area contributed by atoms with Gasteiger partial charge in [-0.1, -0.05) is 30.3 Å². The molecule has 0 unspecified atom stereocenters. The Labute approximate surface area is 157 Å². The average Bonchev–Trinajstić information content (AvgIpc) is 2.63. The van der Waals surface area contributed by atoms with Gasteiger partial charge >= 0.3 is 5.63 Å². The van der Waals surface area contributed by atoms with Gasteiger partial charge in [0, 0.05) is 29.7 Å². The molecule has 2 N–H and O–H groups in total. The molecule has 5 nitrogen and oxygen atoms in total. The lowest BCUT2D eigenvalue weighted by molar-refractivity contribution is -0.119. The Morgan fingerprint density at radius 3 is 2.78 bits per heavy atom. The van der Waals surface area contributed by atoms with Crippen LogP contribution in [0.2, 0.25) is 0 Å². The first-order chi connectivity index (χ1) is 12.9. The van der Waals surface area contributed by atoms with Crippen LogP contribution in [0.5, 0.6) is 0 Å². The van der Waals surface area contributed by atoms with Gasteiger partial charge in [-0.05, 0) is 49.1 Å². The highest BCUT2D eigenvalue weighted by Gasteiger charge is 2.33. The first kappa shape index (κ1) is 17.3. The summed E-state index contributed by atoms with van der Waals surface area (Å²) in [6.07, 6.45) is 0.658. The molecule has 0 fully saturated rings. The predicted octanol–water partition coefficient (Wildman–Crippen LogP) is 3.47. The number of carbonyl (C=O) groups excluding carboxylic acids is 1. The summed E-state index contributed by atoms with van der Waals surface area (Å²) in [5, 5.41) is 0.932. The maximum Gasteiger partial charge on any atom is 0.336 e. The largest absolute Gasteiger partial charge is 0.423 e. The maximum absolute atomic E-state index is 12.1. The van der Waals surface area contributed by atoms with Crippen LogP contribution < -0.4 is 16.3 Å². The van der Waals surface area contributed by atoms with Gasteiger partial charge in [0.05, 0.1) is 5.92 Å². The second-order valence-electron chi connectivity index (χ2n) is 7.32. The number of aryl methyl sites for hydroxylation is 1. The monoisotopic (exact) mass is 362 g/mol. The number of fused-ring (bicyclic) bond motifs is 2. The third kappa shape index (κ3) is 3.10. The highest BCUT2D eigenvalue weighted by molar-refractivity contribution is 5.86. The number of nitrogens with two attached hydrogens (primary N) is 1. The summed E-state index contributed by atoms with van der Waals surface area (Å²) in [7, 11) is 0. The fourth-order valence-corrected chi connectivity index (χ4v) is 4.04. The number of hydrogen-bond donors (Lipinski definition) is 1. The van der Waals surface area contributed by atoms with Crippen molar-refractivity contribution in [2.75, 3.05) is 4.90 Å². The molecule has 2 atom stereocenters. The molecule has 1 amide bonds. The quantitative estimate of drug-likeness (QED) is 0.724. The van der Waals surface area contributed by atoms with Crippen molar-refractivity contribution in [1.82, 2.24) is 0 Å². The fourth-order valence-electron chi connectivity index (χ4n) is 4.04. The number of hydrogen-bond acceptors (Lipinski definition) is 4. The van der Waals surface area contributed by atoms with Crippen molar-refractivity contribution in [3.8, 4) is 0 Å². The van der Waals surface area contributed by atoms with Gasteiger partial charge in [0.2, 0.25) is 5.91 Å². The minimum absolute atomic E-state index is 0.116. The van der Waals surface area contributed by atoms with Crippen LogP contribution >= 0.6 is 0 Å². The molecule has 5 heteroatoms. The van der Waals surface area contributed by atoms with E-state index in [1.54, 1.807) is 6.07 Å². The Morgan fingerprint density at radius 2 is 2.00 bits per heavy atom. The van der Waals surface area contributed by atoms with Crippen molar-refractivity contribution in [3.05, 3.63) is 75.6 Å². The normalized spacial score (nSPS) is 19.1. The summed E-state index contributed by atoms with van der Waals surface area (Å²) < 4.78 is 5.38. The first-order valence-corrected chi connectivity index (χ1v) is 9.12. The van der Waals surface area contributed by atoms with Gasteiger partial charge in [0.15, 0.2) is 0 Å². The second-order valence-corrected chi connectivity index (χ2v) is 7.32. The summed E-state index contributed by atoms with van der Waals surface area (Å²) in [6, 6.07) is 15.4. The van der Waals surface area contributed by atoms with E-state index in [9.17, 15) is 9.59 Å². The van der Waals surface area contributed by atoms with E-state index in [-0.39, 0.29) is 23.5 Å². The molecule has 0 saturated heterocycles. The number of benzene rings is 2. The van der Waals surface area contributed by atoms with Crippen molar-refractivity contribution in [3.63, 3.8) is 0 Å². The average molecular weight is 362 g/mol. The number of nitrogens with zero attached hydrogens (tertiary/aromatic N) is 1. The lowest BCUT2D eigenvalue weighted by Crippen LogP contribution is -2.41. The lowest BCUT2D eigenvalue weighted by atomic mass is 9.85. The fraction of sp³-hybridized carbons (Fsp3) is 0.273. The van der Waals surface area contributed by atoms with E-state index in [4.69, 9.17) is 10.2 Å². The molecule has 0 saturated carbocycles. The van der Waals surface area contributed by atoms with Gasteiger partial charge in [0.25, 0.3) is 0 Å². The number of anilines is 1. The SMILES string of the molecule is Cc1ccc2c(CN3c4ccccc4[C@H](C(N)=O)C[C@@H]3C)cc(=O)oc2c1. The molecule has 0 bridgehead atoms. The molecule has 138 valence electrons. The summed E-state index contributed by atoms with van der Waals surface area (Å²) in [6.45, 7) is 4.62. The van der Waals surface area contributed by atoms with Crippen LogP contribution in [0.3, 0.4) is 0 Å². The van der Waals surface area contributed by atoms with Gasteiger partial charge in [-0.3, -0.25) is 4.79 Å². The third-order valence-electron chi connectivity index (χ3n) is 5.40. The number of para-hydroxylation sites is 1. The standard InChI is InChI=1S/C22H22N2O3/c1-13-7-8-16-15(11-21(25)27-20(16)9-13)12-24-14(2)10-18(22(23)26)17-5-3-4-6-19(17)24/h3-9,11,14,18H,10,12H2,1-2H3,(H2,23,26)/t14-,18+/m0/s1. The van der Waals surface area contributed by atoms with Crippen LogP contribution in [0.15, 0.2) is 57.7 Å². The van der Waals surface area contributed by atoms with Gasteiger partial charge in [0.1, 0.15) is 5.58 Å². The molecule has 0 aliphatic carbocycles. The number of amides is 1. The Hall–Kier alpha value is -3.08. The third-order valence-corrected chi connectivity index (χ3v) is 5.40. The topological polar surface area (TPSA) is 76.5 Å². The molecule has 2 aromatic carbocycles. The Kier molecular flexibility index (Phi) is 4.22. The first-order valence-electron chi connectivity index (χ1n) is 9.12. The van der Waals surface area contributed by atoms with Gasteiger partial charge in [-0.2, -0.15) is 0 Å². The molecular weight excluding hydrogens is 340 g/mol. The van der Waals surface area contributed by atoms with Gasteiger partial charge in [-0.25, -0.2) is 4.79 Å². The minimum Gasteiger partial charge on any atom is -0.423 e. The molecule has 27 heavy (non-hydrogen) atoms. The molecule has 0 spiro atoms. The molecule has 1 aliphatic rings. The number of primary amides is 1. The van der Waals surface area contributed by atoms with E-state index < -0.39 is 0 Å². The Bertz CT molecular complexity index is 1090. The van der Waals surface area contributed by atoms with E-state index in [0.29, 0.717) is 18.5 Å². The Balaban J connectivity index is 1.81. The summed E-state index contributed by atoms with van der Waals surface area (Å²) >= 11 is 0. The van der Waals surface area contributed by atoms with Gasteiger partial charge in [-0.15, -0.1) is 0 Å². The van der Waals surface area contributed by atoms with Crippen molar-refractivity contribution in [2.45, 2.75) is 38.8 Å². The van der Waals surface area contributed by atoms with Crippen LogP contribution in [-0.2, 0) is 11.3 Å². The smallest absolute Gasteiger partial charge is 0.336 e. The highest BCUT2D eigenvalue weighted by Crippen LogP contribution is 2.39. The van der Waals surface area contributed by atoms with Crippen LogP contribution in [0.4, 0.5) is 5.69 Å². The number of carbonyl (C=O) groups is 1.